The average molecular weight is 379 g/mol. The Morgan fingerprint density at radius 2 is 1.64 bits per heavy atom. The second-order valence-electron chi connectivity index (χ2n) is 8.10. The fourth-order valence-corrected chi connectivity index (χ4v) is 4.38. The maximum atomic E-state index is 13.4. The summed E-state index contributed by atoms with van der Waals surface area (Å²) in [6.07, 6.45) is 2.01. The van der Waals surface area contributed by atoms with Crippen molar-refractivity contribution in [3.63, 3.8) is 0 Å². The van der Waals surface area contributed by atoms with E-state index in [4.69, 9.17) is 4.74 Å². The van der Waals surface area contributed by atoms with Gasteiger partial charge < -0.3 is 14.5 Å². The maximum Gasteiger partial charge on any atom is 0.254 e. The van der Waals surface area contributed by atoms with E-state index in [9.17, 15) is 4.79 Å². The molecule has 2 aliphatic rings. The van der Waals surface area contributed by atoms with Crippen molar-refractivity contribution in [2.24, 2.45) is 0 Å². The van der Waals surface area contributed by atoms with E-state index < -0.39 is 0 Å². The highest BCUT2D eigenvalue weighted by atomic mass is 16.5. The van der Waals surface area contributed by atoms with Gasteiger partial charge in [0.05, 0.1) is 0 Å². The van der Waals surface area contributed by atoms with Crippen molar-refractivity contribution in [2.45, 2.75) is 32.6 Å². The number of benzene rings is 2. The van der Waals surface area contributed by atoms with Gasteiger partial charge in [-0.25, -0.2) is 0 Å². The van der Waals surface area contributed by atoms with Crippen LogP contribution in [0.3, 0.4) is 0 Å². The first-order valence-corrected chi connectivity index (χ1v) is 10.4. The summed E-state index contributed by atoms with van der Waals surface area (Å²) in [5, 5.41) is 0. The first-order valence-electron chi connectivity index (χ1n) is 10.4. The number of rotatable bonds is 3. The Morgan fingerprint density at radius 3 is 2.36 bits per heavy atom. The highest BCUT2D eigenvalue weighted by Crippen LogP contribution is 2.31. The summed E-state index contributed by atoms with van der Waals surface area (Å²) in [6.45, 7) is 9.09. The first-order chi connectivity index (χ1) is 13.6. The van der Waals surface area contributed by atoms with Crippen LogP contribution in [0.4, 0.5) is 5.69 Å². The van der Waals surface area contributed by atoms with Gasteiger partial charge in [0.25, 0.3) is 5.91 Å². The lowest BCUT2D eigenvalue weighted by Crippen LogP contribution is -2.49. The molecule has 2 heterocycles. The summed E-state index contributed by atoms with van der Waals surface area (Å²) in [6, 6.07) is 15.0. The van der Waals surface area contributed by atoms with Crippen molar-refractivity contribution >= 4 is 11.6 Å². The zero-order valence-electron chi connectivity index (χ0n) is 17.0. The third-order valence-corrected chi connectivity index (χ3v) is 6.03. The van der Waals surface area contributed by atoms with Gasteiger partial charge in [0.15, 0.2) is 0 Å². The van der Waals surface area contributed by atoms with Crippen molar-refractivity contribution in [2.75, 3.05) is 44.3 Å². The Hall–Kier alpha value is -2.33. The van der Waals surface area contributed by atoms with Gasteiger partial charge >= 0.3 is 0 Å². The van der Waals surface area contributed by atoms with Crippen molar-refractivity contribution < 1.29 is 9.53 Å². The van der Waals surface area contributed by atoms with Gasteiger partial charge in [-0.2, -0.15) is 0 Å². The third-order valence-electron chi connectivity index (χ3n) is 6.03. The van der Waals surface area contributed by atoms with Gasteiger partial charge in [0.1, 0.15) is 0 Å². The molecule has 1 amide bonds. The number of hydrogen-bond donors (Lipinski definition) is 0. The van der Waals surface area contributed by atoms with Crippen molar-refractivity contribution in [3.8, 4) is 0 Å². The fourth-order valence-electron chi connectivity index (χ4n) is 4.38. The quantitative estimate of drug-likeness (QED) is 0.804. The Bertz CT molecular complexity index is 834. The standard InChI is InChI=1S/C24H30N2O2/c1-18-4-3-5-21(16-18)25-10-12-26(13-11-25)24(27)23-17-19(2)6-7-22(23)20-8-14-28-15-9-20/h3-7,16-17,20H,8-15H2,1-2H3. The van der Waals surface area contributed by atoms with Crippen molar-refractivity contribution in [3.05, 3.63) is 64.7 Å². The number of hydrogen-bond acceptors (Lipinski definition) is 3. The zero-order chi connectivity index (χ0) is 19.5. The van der Waals surface area contributed by atoms with E-state index in [-0.39, 0.29) is 5.91 Å². The Balaban J connectivity index is 1.49. The SMILES string of the molecule is Cc1cccc(N2CCN(C(=O)c3cc(C)ccc3C3CCOCC3)CC2)c1. The number of amides is 1. The first kappa shape index (κ1) is 19.0. The van der Waals surface area contributed by atoms with Crippen LogP contribution in [0.1, 0.15) is 45.8 Å². The molecular weight excluding hydrogens is 348 g/mol. The van der Waals surface area contributed by atoms with Crippen LogP contribution in [0, 0.1) is 13.8 Å². The number of carbonyl (C=O) groups is 1. The molecule has 2 aromatic rings. The molecule has 0 aliphatic carbocycles. The molecule has 0 aromatic heterocycles. The zero-order valence-corrected chi connectivity index (χ0v) is 17.0. The van der Waals surface area contributed by atoms with E-state index >= 15 is 0 Å². The topological polar surface area (TPSA) is 32.8 Å². The molecule has 4 nitrogen and oxygen atoms in total. The number of aryl methyl sites for hydroxylation is 2. The summed E-state index contributed by atoms with van der Waals surface area (Å²) in [5.74, 6) is 0.621. The predicted molar refractivity (Wildman–Crippen MR) is 113 cm³/mol. The number of ether oxygens (including phenoxy) is 1. The number of carbonyl (C=O) groups excluding carboxylic acids is 1. The van der Waals surface area contributed by atoms with E-state index in [1.807, 2.05) is 4.90 Å². The highest BCUT2D eigenvalue weighted by Gasteiger charge is 2.27. The van der Waals surface area contributed by atoms with E-state index in [0.717, 1.165) is 63.4 Å². The highest BCUT2D eigenvalue weighted by molar-refractivity contribution is 5.96. The van der Waals surface area contributed by atoms with Crippen LogP contribution in [-0.4, -0.2) is 50.2 Å². The molecule has 2 saturated heterocycles. The summed E-state index contributed by atoms with van der Waals surface area (Å²) in [7, 11) is 0. The molecule has 0 spiro atoms. The molecule has 2 fully saturated rings. The fraction of sp³-hybridized carbons (Fsp3) is 0.458. The van der Waals surface area contributed by atoms with E-state index in [0.29, 0.717) is 5.92 Å². The molecule has 148 valence electrons. The molecule has 2 aliphatic heterocycles. The van der Waals surface area contributed by atoms with Crippen LogP contribution in [0.15, 0.2) is 42.5 Å². The minimum atomic E-state index is 0.189. The molecule has 0 unspecified atom stereocenters. The van der Waals surface area contributed by atoms with Crippen LogP contribution < -0.4 is 4.90 Å². The summed E-state index contributed by atoms with van der Waals surface area (Å²) < 4.78 is 5.52. The second kappa shape index (κ2) is 8.36. The van der Waals surface area contributed by atoms with Gasteiger partial charge in [0, 0.05) is 50.6 Å². The van der Waals surface area contributed by atoms with Gasteiger partial charge in [0.2, 0.25) is 0 Å². The molecule has 0 bridgehead atoms. The lowest BCUT2D eigenvalue weighted by molar-refractivity contribution is 0.0732. The van der Waals surface area contributed by atoms with Gasteiger partial charge in [-0.1, -0.05) is 29.8 Å². The third kappa shape index (κ3) is 4.07. The normalized spacial score (nSPS) is 18.4. The molecule has 4 rings (SSSR count). The minimum absolute atomic E-state index is 0.189. The molecule has 0 atom stereocenters. The van der Waals surface area contributed by atoms with Gasteiger partial charge in [-0.3, -0.25) is 4.79 Å². The van der Waals surface area contributed by atoms with Crippen LogP contribution >= 0.6 is 0 Å². The Morgan fingerprint density at radius 1 is 0.929 bits per heavy atom. The minimum Gasteiger partial charge on any atom is -0.381 e. The van der Waals surface area contributed by atoms with E-state index in [1.165, 1.54) is 16.8 Å². The molecule has 0 N–H and O–H groups in total. The summed E-state index contributed by atoms with van der Waals surface area (Å²) >= 11 is 0. The van der Waals surface area contributed by atoms with Gasteiger partial charge in [-0.15, -0.1) is 0 Å². The Kier molecular flexibility index (Phi) is 5.67. The molecule has 0 radical (unpaired) electrons. The largest absolute Gasteiger partial charge is 0.381 e. The lowest BCUT2D eigenvalue weighted by atomic mass is 9.87. The smallest absolute Gasteiger partial charge is 0.254 e. The molecule has 0 saturated carbocycles. The van der Waals surface area contributed by atoms with Crippen LogP contribution in [0.5, 0.6) is 0 Å². The number of nitrogens with zero attached hydrogens (tertiary/aromatic N) is 2. The lowest BCUT2D eigenvalue weighted by Gasteiger charge is -2.37. The van der Waals surface area contributed by atoms with Crippen LogP contribution in [0.25, 0.3) is 0 Å². The summed E-state index contributed by atoms with van der Waals surface area (Å²) in [5.41, 5.74) is 5.79. The molecular formula is C24H30N2O2. The molecule has 2 aromatic carbocycles. The predicted octanol–water partition coefficient (Wildman–Crippen LogP) is 4.16. The molecule has 4 heteroatoms. The maximum absolute atomic E-state index is 13.4. The summed E-state index contributed by atoms with van der Waals surface area (Å²) in [4.78, 5) is 17.8. The van der Waals surface area contributed by atoms with Crippen molar-refractivity contribution in [1.82, 2.24) is 4.90 Å². The van der Waals surface area contributed by atoms with E-state index in [2.05, 4.69) is 61.2 Å². The Labute approximate surface area is 168 Å². The van der Waals surface area contributed by atoms with Gasteiger partial charge in [-0.05, 0) is 61.9 Å². The van der Waals surface area contributed by atoms with Crippen LogP contribution in [0.2, 0.25) is 0 Å². The average Bonchev–Trinajstić information content (AvgIpc) is 2.74. The second-order valence-corrected chi connectivity index (χ2v) is 8.10. The monoisotopic (exact) mass is 378 g/mol. The number of anilines is 1. The van der Waals surface area contributed by atoms with Crippen LogP contribution in [-0.2, 0) is 4.74 Å². The van der Waals surface area contributed by atoms with E-state index in [1.54, 1.807) is 0 Å². The number of piperazine rings is 1. The van der Waals surface area contributed by atoms with Crippen molar-refractivity contribution in [1.29, 1.82) is 0 Å². The molecule has 28 heavy (non-hydrogen) atoms.